The van der Waals surface area contributed by atoms with Gasteiger partial charge in [0.15, 0.2) is 0 Å². The minimum absolute atomic E-state index is 0.0479. The molecule has 0 spiro atoms. The Hall–Kier alpha value is -2.25. The van der Waals surface area contributed by atoms with Gasteiger partial charge >= 0.3 is 5.97 Å². The van der Waals surface area contributed by atoms with E-state index in [0.717, 1.165) is 24.3 Å². The fourth-order valence-corrected chi connectivity index (χ4v) is 3.15. The van der Waals surface area contributed by atoms with Gasteiger partial charge in [0.05, 0.1) is 12.1 Å². The van der Waals surface area contributed by atoms with Crippen molar-refractivity contribution < 1.29 is 14.3 Å². The van der Waals surface area contributed by atoms with E-state index in [2.05, 4.69) is 15.3 Å². The maximum absolute atomic E-state index is 13.7. The van der Waals surface area contributed by atoms with Crippen molar-refractivity contribution in [2.24, 2.45) is 5.92 Å². The van der Waals surface area contributed by atoms with Crippen molar-refractivity contribution in [1.82, 2.24) is 20.0 Å². The Morgan fingerprint density at radius 3 is 3.08 bits per heavy atom. The van der Waals surface area contributed by atoms with Crippen molar-refractivity contribution in [3.05, 3.63) is 48.0 Å². The van der Waals surface area contributed by atoms with E-state index in [1.54, 1.807) is 16.9 Å². The first kappa shape index (κ1) is 16.6. The van der Waals surface area contributed by atoms with Crippen LogP contribution in [0.4, 0.5) is 4.39 Å². The van der Waals surface area contributed by atoms with Crippen LogP contribution < -0.4 is 5.32 Å². The molecule has 0 aliphatic carbocycles. The lowest BCUT2D eigenvalue weighted by Gasteiger charge is -2.24. The normalized spacial score (nSPS) is 19.1. The molecule has 1 aliphatic heterocycles. The van der Waals surface area contributed by atoms with Crippen molar-refractivity contribution in [3.8, 4) is 5.69 Å². The highest BCUT2D eigenvalue weighted by Gasteiger charge is 2.21. The van der Waals surface area contributed by atoms with Crippen LogP contribution in [-0.2, 0) is 11.3 Å². The van der Waals surface area contributed by atoms with E-state index in [1.807, 2.05) is 12.3 Å². The van der Waals surface area contributed by atoms with Crippen LogP contribution in [0.1, 0.15) is 12.0 Å². The predicted octanol–water partition coefficient (Wildman–Crippen LogP) is 1.51. The topological polar surface area (TPSA) is 70.4 Å². The van der Waals surface area contributed by atoms with Crippen LogP contribution in [0.5, 0.6) is 0 Å². The lowest BCUT2D eigenvalue weighted by atomic mass is 10.0. The Labute approximate surface area is 139 Å². The Morgan fingerprint density at radius 1 is 1.46 bits per heavy atom. The number of hydrogen-bond donors (Lipinski definition) is 2. The number of carboxylic acids is 1. The molecule has 1 aromatic heterocycles. The number of rotatable bonds is 5. The SMILES string of the molecule is O=C(O)CC1CNCCN(Cc2cc(F)ccc2-n2cccn2)C1. The average Bonchev–Trinajstić information content (AvgIpc) is 2.96. The van der Waals surface area contributed by atoms with Gasteiger partial charge in [0.25, 0.3) is 0 Å². The Balaban J connectivity index is 1.79. The molecule has 3 rings (SSSR count). The molecule has 0 radical (unpaired) electrons. The zero-order valence-electron chi connectivity index (χ0n) is 13.4. The molecular formula is C17H21FN4O2. The molecule has 24 heavy (non-hydrogen) atoms. The predicted molar refractivity (Wildman–Crippen MR) is 87.4 cm³/mol. The van der Waals surface area contributed by atoms with Crippen molar-refractivity contribution in [2.45, 2.75) is 13.0 Å². The van der Waals surface area contributed by atoms with Crippen molar-refractivity contribution in [3.63, 3.8) is 0 Å². The molecule has 1 aromatic carbocycles. The fourth-order valence-electron chi connectivity index (χ4n) is 3.15. The number of hydrogen-bond acceptors (Lipinski definition) is 4. The number of aromatic nitrogens is 2. The standard InChI is InChI=1S/C17H21FN4O2/c18-15-2-3-16(22-6-1-4-20-22)14(9-15)12-21-7-5-19-10-13(11-21)8-17(23)24/h1-4,6,9,13,19H,5,7-8,10-12H2,(H,23,24). The highest BCUT2D eigenvalue weighted by Crippen LogP contribution is 2.19. The molecule has 6 nitrogen and oxygen atoms in total. The molecule has 1 fully saturated rings. The number of aliphatic carboxylic acids is 1. The van der Waals surface area contributed by atoms with Gasteiger partial charge in [-0.15, -0.1) is 0 Å². The minimum atomic E-state index is -0.786. The number of carboxylic acid groups (broad SMARTS) is 1. The van der Waals surface area contributed by atoms with Crippen LogP contribution in [0.3, 0.4) is 0 Å². The van der Waals surface area contributed by atoms with Crippen LogP contribution >= 0.6 is 0 Å². The van der Waals surface area contributed by atoms with Crippen LogP contribution in [0.2, 0.25) is 0 Å². The smallest absolute Gasteiger partial charge is 0.303 e. The minimum Gasteiger partial charge on any atom is -0.481 e. The van der Waals surface area contributed by atoms with Crippen LogP contribution in [0, 0.1) is 11.7 Å². The molecule has 7 heteroatoms. The van der Waals surface area contributed by atoms with Gasteiger partial charge in [0.1, 0.15) is 5.82 Å². The molecule has 0 saturated carbocycles. The monoisotopic (exact) mass is 332 g/mol. The first-order chi connectivity index (χ1) is 11.6. The highest BCUT2D eigenvalue weighted by molar-refractivity contribution is 5.67. The number of carbonyl (C=O) groups is 1. The number of benzene rings is 1. The maximum atomic E-state index is 13.7. The summed E-state index contributed by atoms with van der Waals surface area (Å²) in [5, 5.41) is 16.5. The summed E-state index contributed by atoms with van der Waals surface area (Å²) >= 11 is 0. The maximum Gasteiger partial charge on any atom is 0.303 e. The van der Waals surface area contributed by atoms with Gasteiger partial charge in [0.2, 0.25) is 0 Å². The molecule has 0 bridgehead atoms. The quantitative estimate of drug-likeness (QED) is 0.868. The van der Waals surface area contributed by atoms with E-state index in [1.165, 1.54) is 12.1 Å². The van der Waals surface area contributed by atoms with Gasteiger partial charge in [-0.25, -0.2) is 9.07 Å². The molecule has 2 heterocycles. The summed E-state index contributed by atoms with van der Waals surface area (Å²) in [5.41, 5.74) is 1.68. The second kappa shape index (κ2) is 7.55. The molecule has 1 atom stereocenters. The van der Waals surface area contributed by atoms with Gasteiger partial charge in [-0.1, -0.05) is 0 Å². The average molecular weight is 332 g/mol. The van der Waals surface area contributed by atoms with Gasteiger partial charge in [-0.3, -0.25) is 9.69 Å². The summed E-state index contributed by atoms with van der Waals surface area (Å²) in [6.45, 7) is 3.52. The van der Waals surface area contributed by atoms with Crippen molar-refractivity contribution >= 4 is 5.97 Å². The van der Waals surface area contributed by atoms with Crippen molar-refractivity contribution in [1.29, 1.82) is 0 Å². The Morgan fingerprint density at radius 2 is 2.33 bits per heavy atom. The zero-order valence-corrected chi connectivity index (χ0v) is 13.4. The van der Waals surface area contributed by atoms with E-state index in [4.69, 9.17) is 5.11 Å². The van der Waals surface area contributed by atoms with Gasteiger partial charge in [0, 0.05) is 38.6 Å². The first-order valence-corrected chi connectivity index (χ1v) is 8.05. The molecule has 1 unspecified atom stereocenters. The Bertz CT molecular complexity index is 690. The number of nitrogens with zero attached hydrogens (tertiary/aromatic N) is 3. The van der Waals surface area contributed by atoms with Crippen molar-refractivity contribution in [2.75, 3.05) is 26.2 Å². The third-order valence-electron chi connectivity index (χ3n) is 4.20. The van der Waals surface area contributed by atoms with E-state index in [0.29, 0.717) is 19.6 Å². The third kappa shape index (κ3) is 4.18. The lowest BCUT2D eigenvalue weighted by molar-refractivity contribution is -0.138. The molecule has 0 amide bonds. The van der Waals surface area contributed by atoms with Crippen LogP contribution in [-0.4, -0.2) is 51.9 Å². The molecule has 1 saturated heterocycles. The molecule has 2 N–H and O–H groups in total. The molecule has 128 valence electrons. The lowest BCUT2D eigenvalue weighted by Crippen LogP contribution is -2.31. The largest absolute Gasteiger partial charge is 0.481 e. The Kier molecular flexibility index (Phi) is 5.22. The first-order valence-electron chi connectivity index (χ1n) is 8.05. The summed E-state index contributed by atoms with van der Waals surface area (Å²) in [6.07, 6.45) is 3.65. The fraction of sp³-hybridized carbons (Fsp3) is 0.412. The molecule has 1 aliphatic rings. The summed E-state index contributed by atoms with van der Waals surface area (Å²) < 4.78 is 15.5. The zero-order chi connectivity index (χ0) is 16.9. The second-order valence-corrected chi connectivity index (χ2v) is 6.13. The third-order valence-corrected chi connectivity index (χ3v) is 4.20. The summed E-state index contributed by atoms with van der Waals surface area (Å²) in [6, 6.07) is 6.51. The summed E-state index contributed by atoms with van der Waals surface area (Å²) in [4.78, 5) is 13.2. The highest BCUT2D eigenvalue weighted by atomic mass is 19.1. The van der Waals surface area contributed by atoms with Gasteiger partial charge < -0.3 is 10.4 Å². The van der Waals surface area contributed by atoms with E-state index in [9.17, 15) is 9.18 Å². The van der Waals surface area contributed by atoms with E-state index < -0.39 is 5.97 Å². The van der Waals surface area contributed by atoms with E-state index >= 15 is 0 Å². The summed E-state index contributed by atoms with van der Waals surface area (Å²) in [5.74, 6) is -1.02. The molecular weight excluding hydrogens is 311 g/mol. The van der Waals surface area contributed by atoms with Crippen LogP contribution in [0.15, 0.2) is 36.7 Å². The number of halogens is 1. The second-order valence-electron chi connectivity index (χ2n) is 6.13. The number of nitrogens with one attached hydrogen (secondary N) is 1. The summed E-state index contributed by atoms with van der Waals surface area (Å²) in [7, 11) is 0. The molecule has 2 aromatic rings. The van der Waals surface area contributed by atoms with E-state index in [-0.39, 0.29) is 18.2 Å². The van der Waals surface area contributed by atoms with Gasteiger partial charge in [-0.2, -0.15) is 5.10 Å². The van der Waals surface area contributed by atoms with Crippen LogP contribution in [0.25, 0.3) is 5.69 Å². The van der Waals surface area contributed by atoms with Gasteiger partial charge in [-0.05, 0) is 42.3 Å².